The van der Waals surface area contributed by atoms with Crippen molar-refractivity contribution in [1.82, 2.24) is 0 Å². The Morgan fingerprint density at radius 3 is 2.92 bits per heavy atom. The minimum Gasteiger partial charge on any atom is -0.358 e. The third-order valence-electron chi connectivity index (χ3n) is 3.13. The van der Waals surface area contributed by atoms with Crippen LogP contribution in [-0.2, 0) is 9.53 Å². The van der Waals surface area contributed by atoms with Crippen LogP contribution in [0.3, 0.4) is 0 Å². The molecule has 1 saturated carbocycles. The van der Waals surface area contributed by atoms with Crippen LogP contribution in [0.2, 0.25) is 0 Å². The SMILES string of the molecule is C=C(C)[C@H]1CC(=O)C2(C)OC2C1. The summed E-state index contributed by atoms with van der Waals surface area (Å²) in [5, 5.41) is 0. The van der Waals surface area contributed by atoms with Gasteiger partial charge in [0.1, 0.15) is 5.60 Å². The second-order valence-corrected chi connectivity index (χ2v) is 4.12. The summed E-state index contributed by atoms with van der Waals surface area (Å²) in [6.07, 6.45) is 1.79. The predicted molar refractivity (Wildman–Crippen MR) is 45.8 cm³/mol. The van der Waals surface area contributed by atoms with Crippen LogP contribution in [0.1, 0.15) is 26.7 Å². The number of carbonyl (C=O) groups is 1. The van der Waals surface area contributed by atoms with Gasteiger partial charge in [-0.3, -0.25) is 4.79 Å². The first kappa shape index (κ1) is 7.99. The summed E-state index contributed by atoms with van der Waals surface area (Å²) in [6.45, 7) is 7.77. The molecule has 2 unspecified atom stereocenters. The molecule has 0 N–H and O–H groups in total. The molecule has 2 aliphatic rings. The van der Waals surface area contributed by atoms with E-state index in [-0.39, 0.29) is 11.9 Å². The van der Waals surface area contributed by atoms with Crippen molar-refractivity contribution in [1.29, 1.82) is 0 Å². The molecule has 0 spiro atoms. The summed E-state index contributed by atoms with van der Waals surface area (Å²) in [4.78, 5) is 11.5. The highest BCUT2D eigenvalue weighted by Crippen LogP contribution is 2.48. The summed E-state index contributed by atoms with van der Waals surface area (Å²) in [6, 6.07) is 0. The number of Topliss-reactive ketones (excluding diaryl/α,β-unsaturated/α-hetero) is 1. The molecular formula is C10H14O2. The van der Waals surface area contributed by atoms with E-state index in [1.54, 1.807) is 0 Å². The fourth-order valence-corrected chi connectivity index (χ4v) is 1.92. The van der Waals surface area contributed by atoms with Gasteiger partial charge >= 0.3 is 0 Å². The smallest absolute Gasteiger partial charge is 0.167 e. The highest BCUT2D eigenvalue weighted by atomic mass is 16.6. The van der Waals surface area contributed by atoms with Crippen molar-refractivity contribution >= 4 is 5.78 Å². The molecule has 66 valence electrons. The largest absolute Gasteiger partial charge is 0.358 e. The molecule has 0 bridgehead atoms. The highest BCUT2D eigenvalue weighted by molar-refractivity contribution is 5.91. The molecule has 0 aromatic rings. The van der Waals surface area contributed by atoms with Crippen molar-refractivity contribution in [2.45, 2.75) is 38.4 Å². The van der Waals surface area contributed by atoms with E-state index in [9.17, 15) is 4.79 Å². The molecule has 0 aromatic heterocycles. The number of rotatable bonds is 1. The second-order valence-electron chi connectivity index (χ2n) is 4.12. The lowest BCUT2D eigenvalue weighted by atomic mass is 9.79. The summed E-state index contributed by atoms with van der Waals surface area (Å²) in [7, 11) is 0. The van der Waals surface area contributed by atoms with Gasteiger partial charge in [0, 0.05) is 6.42 Å². The first-order valence-electron chi connectivity index (χ1n) is 4.40. The van der Waals surface area contributed by atoms with Crippen molar-refractivity contribution in [2.75, 3.05) is 0 Å². The number of fused-ring (bicyclic) bond motifs is 1. The van der Waals surface area contributed by atoms with Crippen molar-refractivity contribution in [3.8, 4) is 0 Å². The lowest BCUT2D eigenvalue weighted by molar-refractivity contribution is -0.124. The van der Waals surface area contributed by atoms with Crippen molar-refractivity contribution in [2.24, 2.45) is 5.92 Å². The van der Waals surface area contributed by atoms with Gasteiger partial charge in [-0.05, 0) is 26.2 Å². The normalized spacial score (nSPS) is 45.3. The second kappa shape index (κ2) is 2.19. The van der Waals surface area contributed by atoms with Crippen molar-refractivity contribution in [3.05, 3.63) is 12.2 Å². The van der Waals surface area contributed by atoms with Gasteiger partial charge in [-0.2, -0.15) is 0 Å². The van der Waals surface area contributed by atoms with E-state index >= 15 is 0 Å². The summed E-state index contributed by atoms with van der Waals surface area (Å²) in [5.74, 6) is 0.616. The van der Waals surface area contributed by atoms with Gasteiger partial charge in [-0.1, -0.05) is 12.2 Å². The third kappa shape index (κ3) is 0.944. The van der Waals surface area contributed by atoms with Crippen LogP contribution in [0.4, 0.5) is 0 Å². The zero-order valence-electron chi connectivity index (χ0n) is 7.59. The monoisotopic (exact) mass is 166 g/mol. The molecule has 12 heavy (non-hydrogen) atoms. The molecule has 2 nitrogen and oxygen atoms in total. The molecular weight excluding hydrogens is 152 g/mol. The topological polar surface area (TPSA) is 29.6 Å². The fourth-order valence-electron chi connectivity index (χ4n) is 1.92. The number of ether oxygens (including phenoxy) is 1. The Kier molecular flexibility index (Phi) is 1.46. The van der Waals surface area contributed by atoms with Gasteiger partial charge in [-0.25, -0.2) is 0 Å². The molecule has 3 atom stereocenters. The molecule has 1 aliphatic heterocycles. The van der Waals surface area contributed by atoms with Gasteiger partial charge < -0.3 is 4.74 Å². The first-order valence-corrected chi connectivity index (χ1v) is 4.40. The Morgan fingerprint density at radius 2 is 2.42 bits per heavy atom. The van der Waals surface area contributed by atoms with Gasteiger partial charge in [0.2, 0.25) is 0 Å². The van der Waals surface area contributed by atoms with Crippen LogP contribution in [0.25, 0.3) is 0 Å². The number of allylic oxidation sites excluding steroid dienone is 1. The average Bonchev–Trinajstić information content (AvgIpc) is 2.62. The summed E-state index contributed by atoms with van der Waals surface area (Å²) < 4.78 is 5.37. The molecule has 1 aliphatic carbocycles. The van der Waals surface area contributed by atoms with E-state index in [2.05, 4.69) is 6.58 Å². The predicted octanol–water partition coefficient (Wildman–Crippen LogP) is 1.70. The number of epoxide rings is 1. The number of carbonyl (C=O) groups excluding carboxylic acids is 1. The van der Waals surface area contributed by atoms with Crippen LogP contribution in [-0.4, -0.2) is 17.5 Å². The lowest BCUT2D eigenvalue weighted by Gasteiger charge is -2.21. The third-order valence-corrected chi connectivity index (χ3v) is 3.13. The van der Waals surface area contributed by atoms with Crippen LogP contribution in [0.5, 0.6) is 0 Å². The molecule has 1 saturated heterocycles. The van der Waals surface area contributed by atoms with Crippen molar-refractivity contribution in [3.63, 3.8) is 0 Å². The number of ketones is 1. The Hall–Kier alpha value is -0.630. The summed E-state index contributed by atoms with van der Waals surface area (Å²) >= 11 is 0. The quantitative estimate of drug-likeness (QED) is 0.438. The number of hydrogen-bond donors (Lipinski definition) is 0. The Morgan fingerprint density at radius 1 is 1.75 bits per heavy atom. The Balaban J connectivity index is 2.12. The molecule has 2 heteroatoms. The maximum Gasteiger partial charge on any atom is 0.167 e. The zero-order valence-corrected chi connectivity index (χ0v) is 7.59. The van der Waals surface area contributed by atoms with E-state index < -0.39 is 5.60 Å². The van der Waals surface area contributed by atoms with Crippen LogP contribution >= 0.6 is 0 Å². The lowest BCUT2D eigenvalue weighted by Crippen LogP contribution is -2.32. The molecule has 0 aromatic carbocycles. The Bertz CT molecular complexity index is 257. The van der Waals surface area contributed by atoms with Gasteiger partial charge in [0.05, 0.1) is 6.10 Å². The zero-order chi connectivity index (χ0) is 8.93. The molecule has 0 amide bonds. The van der Waals surface area contributed by atoms with E-state index in [1.165, 1.54) is 0 Å². The minimum atomic E-state index is -0.411. The van der Waals surface area contributed by atoms with E-state index in [4.69, 9.17) is 4.74 Å². The van der Waals surface area contributed by atoms with Gasteiger partial charge in [0.15, 0.2) is 5.78 Å². The maximum absolute atomic E-state index is 11.5. The van der Waals surface area contributed by atoms with E-state index in [0.717, 1.165) is 12.0 Å². The molecule has 2 rings (SSSR count). The van der Waals surface area contributed by atoms with Crippen molar-refractivity contribution < 1.29 is 9.53 Å². The van der Waals surface area contributed by atoms with E-state index in [0.29, 0.717) is 12.3 Å². The van der Waals surface area contributed by atoms with Crippen LogP contribution in [0, 0.1) is 5.92 Å². The average molecular weight is 166 g/mol. The highest BCUT2D eigenvalue weighted by Gasteiger charge is 2.61. The summed E-state index contributed by atoms with van der Waals surface area (Å²) in [5.41, 5.74) is 0.701. The maximum atomic E-state index is 11.5. The number of hydrogen-bond acceptors (Lipinski definition) is 2. The Labute approximate surface area is 72.6 Å². The molecule has 1 heterocycles. The van der Waals surface area contributed by atoms with Gasteiger partial charge in [0.25, 0.3) is 0 Å². The van der Waals surface area contributed by atoms with E-state index in [1.807, 2.05) is 13.8 Å². The van der Waals surface area contributed by atoms with Crippen LogP contribution < -0.4 is 0 Å². The first-order chi connectivity index (χ1) is 5.54. The fraction of sp³-hybridized carbons (Fsp3) is 0.700. The van der Waals surface area contributed by atoms with Gasteiger partial charge in [-0.15, -0.1) is 0 Å². The minimum absolute atomic E-state index is 0.181. The standard InChI is InChI=1S/C10H14O2/c1-6(2)7-4-8(11)10(3)9(5-7)12-10/h7,9H,1,4-5H2,2-3H3/t7-,9?,10?/m0/s1. The van der Waals surface area contributed by atoms with Crippen LogP contribution in [0.15, 0.2) is 12.2 Å². The molecule has 2 fully saturated rings. The molecule has 0 radical (unpaired) electrons.